The van der Waals surface area contributed by atoms with Crippen molar-refractivity contribution < 1.29 is 22.7 Å². The molecule has 2 N–H and O–H groups in total. The number of allylic oxidation sites excluding steroid dienone is 1. The van der Waals surface area contributed by atoms with E-state index in [0.717, 1.165) is 11.1 Å². The van der Waals surface area contributed by atoms with Gasteiger partial charge >= 0.3 is 5.97 Å². The molecule has 0 radical (unpaired) electrons. The van der Waals surface area contributed by atoms with Gasteiger partial charge in [-0.2, -0.15) is 0 Å². The molecule has 0 saturated carbocycles. The van der Waals surface area contributed by atoms with Crippen molar-refractivity contribution in [3.05, 3.63) is 41.5 Å². The summed E-state index contributed by atoms with van der Waals surface area (Å²) in [7, 11) is -2.42. The first-order chi connectivity index (χ1) is 11.6. The summed E-state index contributed by atoms with van der Waals surface area (Å²) in [6.07, 6.45) is 2.15. The maximum absolute atomic E-state index is 12.3. The fraction of sp³-hybridized carbons (Fsp3) is 0.412. The van der Waals surface area contributed by atoms with Gasteiger partial charge in [-0.25, -0.2) is 13.6 Å². The van der Waals surface area contributed by atoms with Gasteiger partial charge in [0.25, 0.3) is 0 Å². The van der Waals surface area contributed by atoms with Gasteiger partial charge in [0.2, 0.25) is 15.9 Å². The molecule has 138 valence electrons. The highest BCUT2D eigenvalue weighted by Crippen LogP contribution is 2.10. The molecular formula is C17H24N2O5S. The number of benzene rings is 1. The normalized spacial score (nSPS) is 10.9. The number of primary sulfonamides is 1. The Bertz CT molecular complexity index is 735. The Morgan fingerprint density at radius 2 is 1.76 bits per heavy atom. The number of hydrogen-bond donors (Lipinski definition) is 1. The van der Waals surface area contributed by atoms with Crippen molar-refractivity contribution in [3.63, 3.8) is 0 Å². The van der Waals surface area contributed by atoms with Crippen LogP contribution in [-0.4, -0.2) is 45.4 Å². The van der Waals surface area contributed by atoms with E-state index in [2.05, 4.69) is 4.74 Å². The van der Waals surface area contributed by atoms with Gasteiger partial charge in [-0.3, -0.25) is 9.59 Å². The van der Waals surface area contributed by atoms with Crippen molar-refractivity contribution in [1.82, 2.24) is 4.90 Å². The van der Waals surface area contributed by atoms with Crippen LogP contribution in [0.3, 0.4) is 0 Å². The number of nitrogens with two attached hydrogens (primary N) is 1. The minimum Gasteiger partial charge on any atom is -0.469 e. The standard InChI is InChI=1S/C17H24N2O5S/c1-13(2)12-16(20)19(11-9-17(21)24-3)10-8-14-4-6-15(7-5-14)25(18,22)23/h4-7,12H,8-11H2,1-3H3,(H2,18,22,23). The van der Waals surface area contributed by atoms with Crippen LogP contribution in [0.15, 0.2) is 40.8 Å². The van der Waals surface area contributed by atoms with Gasteiger partial charge in [0.05, 0.1) is 18.4 Å². The van der Waals surface area contributed by atoms with Crippen molar-refractivity contribution in [2.75, 3.05) is 20.2 Å². The molecule has 0 saturated heterocycles. The summed E-state index contributed by atoms with van der Waals surface area (Å²) in [5.41, 5.74) is 1.73. The summed E-state index contributed by atoms with van der Waals surface area (Å²) in [6, 6.07) is 6.18. The number of rotatable bonds is 8. The number of amides is 1. The molecule has 1 amide bonds. The number of esters is 1. The Hall–Kier alpha value is -2.19. The monoisotopic (exact) mass is 368 g/mol. The molecule has 7 nitrogen and oxygen atoms in total. The average molecular weight is 368 g/mol. The first-order valence-electron chi connectivity index (χ1n) is 7.76. The fourth-order valence-corrected chi connectivity index (χ4v) is 2.62. The molecule has 0 atom stereocenters. The fourth-order valence-electron chi connectivity index (χ4n) is 2.11. The van der Waals surface area contributed by atoms with Crippen LogP contribution >= 0.6 is 0 Å². The molecule has 0 heterocycles. The highest BCUT2D eigenvalue weighted by Gasteiger charge is 2.14. The van der Waals surface area contributed by atoms with E-state index in [4.69, 9.17) is 5.14 Å². The van der Waals surface area contributed by atoms with Crippen molar-refractivity contribution in [1.29, 1.82) is 0 Å². The van der Waals surface area contributed by atoms with Crippen molar-refractivity contribution in [2.24, 2.45) is 5.14 Å². The summed E-state index contributed by atoms with van der Waals surface area (Å²) < 4.78 is 27.1. The van der Waals surface area contributed by atoms with Gasteiger partial charge in [0.1, 0.15) is 0 Å². The minimum absolute atomic E-state index is 0.0411. The molecule has 0 unspecified atom stereocenters. The van der Waals surface area contributed by atoms with Crippen molar-refractivity contribution >= 4 is 21.9 Å². The number of hydrogen-bond acceptors (Lipinski definition) is 5. The summed E-state index contributed by atoms with van der Waals surface area (Å²) in [5, 5.41) is 5.07. The molecule has 0 aliphatic heterocycles. The van der Waals surface area contributed by atoms with Gasteiger partial charge in [0, 0.05) is 19.2 Å². The smallest absolute Gasteiger partial charge is 0.307 e. The summed E-state index contributed by atoms with van der Waals surface area (Å²) in [6.45, 7) is 4.30. The predicted octanol–water partition coefficient (Wildman–Crippen LogP) is 1.23. The van der Waals surface area contributed by atoms with E-state index in [1.165, 1.54) is 25.3 Å². The molecule has 1 aromatic carbocycles. The first-order valence-corrected chi connectivity index (χ1v) is 9.30. The van der Waals surface area contributed by atoms with E-state index in [0.29, 0.717) is 13.0 Å². The second-order valence-electron chi connectivity index (χ2n) is 5.81. The third-order valence-electron chi connectivity index (χ3n) is 3.46. The zero-order valence-electron chi connectivity index (χ0n) is 14.7. The second-order valence-corrected chi connectivity index (χ2v) is 7.37. The lowest BCUT2D eigenvalue weighted by molar-refractivity contribution is -0.141. The lowest BCUT2D eigenvalue weighted by Crippen LogP contribution is -2.34. The molecule has 0 bridgehead atoms. The van der Waals surface area contributed by atoms with Crippen molar-refractivity contribution in [2.45, 2.75) is 31.6 Å². The van der Waals surface area contributed by atoms with Gasteiger partial charge < -0.3 is 9.64 Å². The maximum atomic E-state index is 12.3. The van der Waals surface area contributed by atoms with Crippen LogP contribution in [0.5, 0.6) is 0 Å². The number of nitrogens with zero attached hydrogens (tertiary/aromatic N) is 1. The van der Waals surface area contributed by atoms with Gasteiger partial charge in [-0.15, -0.1) is 0 Å². The lowest BCUT2D eigenvalue weighted by Gasteiger charge is -2.21. The number of sulfonamides is 1. The van der Waals surface area contributed by atoms with E-state index < -0.39 is 10.0 Å². The van der Waals surface area contributed by atoms with E-state index in [1.54, 1.807) is 17.0 Å². The van der Waals surface area contributed by atoms with Crippen LogP contribution in [-0.2, 0) is 30.8 Å². The molecule has 0 aromatic heterocycles. The second kappa shape index (κ2) is 9.33. The molecule has 0 spiro atoms. The minimum atomic E-state index is -3.72. The van der Waals surface area contributed by atoms with Crippen molar-refractivity contribution in [3.8, 4) is 0 Å². The average Bonchev–Trinajstić information content (AvgIpc) is 2.53. The molecule has 0 aliphatic rings. The quantitative estimate of drug-likeness (QED) is 0.549. The molecule has 1 rings (SSSR count). The summed E-state index contributed by atoms with van der Waals surface area (Å²) in [5.74, 6) is -0.558. The molecule has 25 heavy (non-hydrogen) atoms. The predicted molar refractivity (Wildman–Crippen MR) is 94.2 cm³/mol. The third-order valence-corrected chi connectivity index (χ3v) is 4.39. The largest absolute Gasteiger partial charge is 0.469 e. The van der Waals surface area contributed by atoms with E-state index in [-0.39, 0.29) is 29.7 Å². The lowest BCUT2D eigenvalue weighted by atomic mass is 10.1. The Labute approximate surface area is 148 Å². The number of carbonyl (C=O) groups is 2. The van der Waals surface area contributed by atoms with Crippen LogP contribution in [0.25, 0.3) is 0 Å². The zero-order valence-corrected chi connectivity index (χ0v) is 15.5. The van der Waals surface area contributed by atoms with Crippen LogP contribution in [0.4, 0.5) is 0 Å². The highest BCUT2D eigenvalue weighted by atomic mass is 32.2. The number of methoxy groups -OCH3 is 1. The summed E-state index contributed by atoms with van der Waals surface area (Å²) >= 11 is 0. The molecule has 0 aliphatic carbocycles. The Balaban J connectivity index is 2.78. The van der Waals surface area contributed by atoms with Gasteiger partial charge in [-0.1, -0.05) is 17.7 Å². The van der Waals surface area contributed by atoms with Crippen LogP contribution in [0, 0.1) is 0 Å². The van der Waals surface area contributed by atoms with Crippen LogP contribution in [0.2, 0.25) is 0 Å². The van der Waals surface area contributed by atoms with E-state index >= 15 is 0 Å². The summed E-state index contributed by atoms with van der Waals surface area (Å²) in [4.78, 5) is 25.2. The van der Waals surface area contributed by atoms with E-state index in [1.807, 2.05) is 13.8 Å². The number of carbonyl (C=O) groups excluding carboxylic acids is 2. The Morgan fingerprint density at radius 3 is 2.24 bits per heavy atom. The topological polar surface area (TPSA) is 107 Å². The molecule has 0 fully saturated rings. The SMILES string of the molecule is COC(=O)CCN(CCc1ccc(S(N)(=O)=O)cc1)C(=O)C=C(C)C. The molecule has 8 heteroatoms. The van der Waals surface area contributed by atoms with Gasteiger partial charge in [-0.05, 0) is 38.0 Å². The van der Waals surface area contributed by atoms with Gasteiger partial charge in [0.15, 0.2) is 0 Å². The van der Waals surface area contributed by atoms with Crippen LogP contribution in [0.1, 0.15) is 25.8 Å². The Kier molecular flexibility index (Phi) is 7.79. The zero-order chi connectivity index (χ0) is 19.0. The molecular weight excluding hydrogens is 344 g/mol. The number of ether oxygens (including phenoxy) is 1. The van der Waals surface area contributed by atoms with Crippen LogP contribution < -0.4 is 5.14 Å². The van der Waals surface area contributed by atoms with E-state index in [9.17, 15) is 18.0 Å². The third kappa shape index (κ3) is 7.49. The molecule has 1 aromatic rings. The maximum Gasteiger partial charge on any atom is 0.307 e. The Morgan fingerprint density at radius 1 is 1.16 bits per heavy atom. The first kappa shape index (κ1) is 20.9. The highest BCUT2D eigenvalue weighted by molar-refractivity contribution is 7.89.